The van der Waals surface area contributed by atoms with E-state index in [1.807, 2.05) is 6.07 Å². The van der Waals surface area contributed by atoms with E-state index in [4.69, 9.17) is 4.98 Å². The first-order valence-corrected chi connectivity index (χ1v) is 21.9. The molecule has 4 heterocycles. The Balaban J connectivity index is 1.55. The van der Waals surface area contributed by atoms with Crippen LogP contribution in [-0.2, 0) is 0 Å². The molecule has 10 nitrogen and oxygen atoms in total. The summed E-state index contributed by atoms with van der Waals surface area (Å²) in [6.45, 7) is 4.51. The van der Waals surface area contributed by atoms with Crippen molar-refractivity contribution >= 4 is 17.9 Å². The molecule has 3 N–H and O–H groups in total. The topological polar surface area (TPSA) is 163 Å². The first-order valence-electron chi connectivity index (χ1n) is 21.9. The fraction of sp³-hybridized carbons (Fsp3) is 0.521. The summed E-state index contributed by atoms with van der Waals surface area (Å²) < 4.78 is 0. The maximum atomic E-state index is 12.4. The highest BCUT2D eigenvalue weighted by Crippen LogP contribution is 2.32. The predicted molar refractivity (Wildman–Crippen MR) is 230 cm³/mol. The van der Waals surface area contributed by atoms with Crippen LogP contribution in [0.25, 0.3) is 34.2 Å². The molecule has 0 saturated carbocycles. The first kappa shape index (κ1) is 45.7. The average molecular weight is 793 g/mol. The second-order valence-corrected chi connectivity index (χ2v) is 15.7. The fourth-order valence-electron chi connectivity index (χ4n) is 7.61. The third-order valence-electron chi connectivity index (χ3n) is 11.0. The van der Waals surface area contributed by atoms with Crippen LogP contribution in [0, 0.1) is 0 Å². The number of unbranched alkanes of at least 4 members (excludes halogenated alkanes) is 18. The second-order valence-electron chi connectivity index (χ2n) is 15.7. The summed E-state index contributed by atoms with van der Waals surface area (Å²) in [5.41, 5.74) is 2.35. The van der Waals surface area contributed by atoms with E-state index in [2.05, 4.69) is 34.9 Å². The molecule has 0 radical (unpaired) electrons. The van der Waals surface area contributed by atoms with Gasteiger partial charge in [-0.1, -0.05) is 142 Å². The van der Waals surface area contributed by atoms with Crippen molar-refractivity contribution in [1.29, 1.82) is 0 Å². The summed E-state index contributed by atoms with van der Waals surface area (Å²) in [7, 11) is 0. The maximum Gasteiger partial charge on any atom is 0.335 e. The number of hydrogen-bond donors (Lipinski definition) is 3. The van der Waals surface area contributed by atoms with E-state index >= 15 is 0 Å². The van der Waals surface area contributed by atoms with E-state index in [1.165, 1.54) is 164 Å². The third kappa shape index (κ3) is 15.4. The molecule has 0 unspecified atom stereocenters. The molecule has 0 saturated heterocycles. The maximum absolute atomic E-state index is 12.4. The van der Waals surface area contributed by atoms with Crippen LogP contribution in [0.5, 0.6) is 0 Å². The molecule has 4 rings (SSSR count). The van der Waals surface area contributed by atoms with Crippen LogP contribution in [-0.4, -0.2) is 53.2 Å². The summed E-state index contributed by atoms with van der Waals surface area (Å²) in [4.78, 5) is 54.5. The monoisotopic (exact) mass is 792 g/mol. The summed E-state index contributed by atoms with van der Waals surface area (Å²) >= 11 is 0. The Hall–Kier alpha value is -4.99. The summed E-state index contributed by atoms with van der Waals surface area (Å²) in [5.74, 6) is -3.23. The largest absolute Gasteiger partial charge is 0.478 e. The standard InChI is InChI=1S/C48H64N4O6/c1-3-5-7-9-11-13-15-17-19-21-23-35(24-22-20-18-16-14-12-10-8-6-4-2)36-25-27-49-40(29-36)42-31-38(47(55)56)33-44(51-42)45-34-39(48(57)58)32-43(52-45)41-30-37(46(53)54)26-28-50-41/h25-35H,3-24H2,1-2H3,(H,53,54)(H,55,56)(H,57,58). The zero-order chi connectivity index (χ0) is 41.5. The molecule has 0 atom stereocenters. The zero-order valence-electron chi connectivity index (χ0n) is 34.8. The Bertz CT molecular complexity index is 1870. The van der Waals surface area contributed by atoms with Crippen molar-refractivity contribution in [1.82, 2.24) is 19.9 Å². The van der Waals surface area contributed by atoms with Crippen molar-refractivity contribution < 1.29 is 29.7 Å². The Morgan fingerprint density at radius 3 is 1.16 bits per heavy atom. The lowest BCUT2D eigenvalue weighted by Crippen LogP contribution is -2.05. The van der Waals surface area contributed by atoms with Gasteiger partial charge in [0.25, 0.3) is 0 Å². The van der Waals surface area contributed by atoms with Crippen LogP contribution < -0.4 is 0 Å². The minimum absolute atomic E-state index is 0.0343. The van der Waals surface area contributed by atoms with Gasteiger partial charge in [-0.2, -0.15) is 0 Å². The number of carboxylic acid groups (broad SMARTS) is 3. The van der Waals surface area contributed by atoms with Crippen molar-refractivity contribution in [2.45, 2.75) is 161 Å². The zero-order valence-corrected chi connectivity index (χ0v) is 34.8. The van der Waals surface area contributed by atoms with Gasteiger partial charge in [-0.15, -0.1) is 0 Å². The lowest BCUT2D eigenvalue weighted by Gasteiger charge is -2.18. The number of carboxylic acids is 3. The Morgan fingerprint density at radius 2 is 0.759 bits per heavy atom. The van der Waals surface area contributed by atoms with Gasteiger partial charge in [0.2, 0.25) is 0 Å². The van der Waals surface area contributed by atoms with Gasteiger partial charge in [-0.3, -0.25) is 9.97 Å². The first-order chi connectivity index (χ1) is 28.2. The van der Waals surface area contributed by atoms with Crippen molar-refractivity contribution in [3.05, 3.63) is 83.2 Å². The smallest absolute Gasteiger partial charge is 0.335 e. The molecular formula is C48H64N4O6. The Labute approximate surface area is 345 Å². The molecule has 58 heavy (non-hydrogen) atoms. The SMILES string of the molecule is CCCCCCCCCCCCC(CCCCCCCCCCCC)c1ccnc(-c2cc(C(=O)O)cc(-c3cc(C(=O)O)cc(-c4cc(C(=O)O)ccn4)n3)n2)c1. The van der Waals surface area contributed by atoms with Gasteiger partial charge in [0.05, 0.1) is 50.9 Å². The molecule has 0 amide bonds. The van der Waals surface area contributed by atoms with E-state index < -0.39 is 17.9 Å². The van der Waals surface area contributed by atoms with Crippen LogP contribution in [0.15, 0.2) is 60.9 Å². The summed E-state index contributed by atoms with van der Waals surface area (Å²) in [6, 6.07) is 12.2. The van der Waals surface area contributed by atoms with Crippen LogP contribution in [0.1, 0.15) is 198 Å². The molecule has 0 spiro atoms. The van der Waals surface area contributed by atoms with E-state index in [-0.39, 0.29) is 39.5 Å². The average Bonchev–Trinajstić information content (AvgIpc) is 3.23. The minimum Gasteiger partial charge on any atom is -0.478 e. The van der Waals surface area contributed by atoms with Gasteiger partial charge in [0.1, 0.15) is 0 Å². The normalized spacial score (nSPS) is 11.3. The third-order valence-corrected chi connectivity index (χ3v) is 11.0. The van der Waals surface area contributed by atoms with Crippen LogP contribution in [0.2, 0.25) is 0 Å². The van der Waals surface area contributed by atoms with Gasteiger partial charge in [0.15, 0.2) is 0 Å². The van der Waals surface area contributed by atoms with Gasteiger partial charge >= 0.3 is 17.9 Å². The van der Waals surface area contributed by atoms with Crippen molar-refractivity contribution in [3.63, 3.8) is 0 Å². The van der Waals surface area contributed by atoms with E-state index in [1.54, 1.807) is 6.20 Å². The van der Waals surface area contributed by atoms with E-state index in [0.717, 1.165) is 25.7 Å². The Kier molecular flexibility index (Phi) is 20.0. The molecule has 0 aliphatic rings. The number of aromatic carboxylic acids is 3. The molecule has 10 heteroatoms. The van der Waals surface area contributed by atoms with Gasteiger partial charge < -0.3 is 15.3 Å². The molecular weight excluding hydrogens is 729 g/mol. The van der Waals surface area contributed by atoms with Crippen LogP contribution in [0.4, 0.5) is 0 Å². The van der Waals surface area contributed by atoms with Gasteiger partial charge in [0, 0.05) is 12.4 Å². The number of hydrogen-bond acceptors (Lipinski definition) is 7. The number of pyridine rings is 4. The van der Waals surface area contributed by atoms with Crippen molar-refractivity contribution in [2.75, 3.05) is 0 Å². The van der Waals surface area contributed by atoms with Crippen molar-refractivity contribution in [2.24, 2.45) is 0 Å². The molecule has 0 aromatic carbocycles. The van der Waals surface area contributed by atoms with Crippen molar-refractivity contribution in [3.8, 4) is 34.2 Å². The molecule has 0 fully saturated rings. The number of nitrogens with zero attached hydrogens (tertiary/aromatic N) is 4. The Morgan fingerprint density at radius 1 is 0.431 bits per heavy atom. The minimum atomic E-state index is -1.24. The fourth-order valence-corrected chi connectivity index (χ4v) is 7.61. The van der Waals surface area contributed by atoms with Gasteiger partial charge in [-0.05, 0) is 72.9 Å². The summed E-state index contributed by atoms with van der Waals surface area (Å²) in [5, 5.41) is 29.6. The molecule has 4 aromatic heterocycles. The van der Waals surface area contributed by atoms with Crippen LogP contribution >= 0.6 is 0 Å². The number of aromatic nitrogens is 4. The lowest BCUT2D eigenvalue weighted by molar-refractivity contribution is 0.0685. The predicted octanol–water partition coefficient (Wildman–Crippen LogP) is 13.1. The molecule has 312 valence electrons. The molecule has 0 aliphatic heterocycles. The highest BCUT2D eigenvalue weighted by molar-refractivity contribution is 5.93. The molecule has 4 aromatic rings. The quantitative estimate of drug-likeness (QED) is 0.0451. The second kappa shape index (κ2) is 25.4. The molecule has 0 bridgehead atoms. The van der Waals surface area contributed by atoms with Gasteiger partial charge in [-0.25, -0.2) is 24.4 Å². The summed E-state index contributed by atoms with van der Waals surface area (Å²) in [6.07, 6.45) is 31.0. The lowest BCUT2D eigenvalue weighted by atomic mass is 9.88. The molecule has 0 aliphatic carbocycles. The highest BCUT2D eigenvalue weighted by Gasteiger charge is 2.19. The van der Waals surface area contributed by atoms with Crippen LogP contribution in [0.3, 0.4) is 0 Å². The highest BCUT2D eigenvalue weighted by atomic mass is 16.4. The number of rotatable bonds is 29. The number of carbonyl (C=O) groups is 3. The van der Waals surface area contributed by atoms with E-state index in [0.29, 0.717) is 17.3 Å². The van der Waals surface area contributed by atoms with E-state index in [9.17, 15) is 29.7 Å².